The minimum atomic E-state index is 0.000113. The van der Waals surface area contributed by atoms with Gasteiger partial charge < -0.3 is 5.32 Å². The minimum absolute atomic E-state index is 0.000113. The number of nitrogens with one attached hydrogen (secondary N) is 1. The predicted molar refractivity (Wildman–Crippen MR) is 78.5 cm³/mol. The van der Waals surface area contributed by atoms with Gasteiger partial charge in [-0.15, -0.1) is 0 Å². The Kier molecular flexibility index (Phi) is 3.80. The first-order valence-electron chi connectivity index (χ1n) is 6.27. The quantitative estimate of drug-likeness (QED) is 0.872. The molecule has 0 fully saturated rings. The summed E-state index contributed by atoms with van der Waals surface area (Å²) in [7, 11) is 0. The molecule has 102 valence electrons. The van der Waals surface area contributed by atoms with Gasteiger partial charge >= 0.3 is 0 Å². The number of aryl methyl sites for hydroxylation is 1. The molecule has 0 radical (unpaired) electrons. The highest BCUT2D eigenvalue weighted by atomic mass is 35.5. The van der Waals surface area contributed by atoms with Crippen LogP contribution in [0.4, 0.5) is 5.69 Å². The standard InChI is InChI=1S/C14H19ClN4/c1-10-5-6-16-13(15)12(10)17-7-11-8-18-19(9-11)14(2,3)4/h5-6,8-9,17H,7H2,1-4H3. The van der Waals surface area contributed by atoms with Crippen LogP contribution in [0.25, 0.3) is 0 Å². The monoisotopic (exact) mass is 278 g/mol. The van der Waals surface area contributed by atoms with Crippen molar-refractivity contribution >= 4 is 17.3 Å². The van der Waals surface area contributed by atoms with E-state index in [1.54, 1.807) is 6.20 Å². The molecule has 0 atom stereocenters. The van der Waals surface area contributed by atoms with Gasteiger partial charge in [0.25, 0.3) is 0 Å². The van der Waals surface area contributed by atoms with Crippen LogP contribution in [0, 0.1) is 6.92 Å². The van der Waals surface area contributed by atoms with Crippen molar-refractivity contribution in [2.45, 2.75) is 39.8 Å². The van der Waals surface area contributed by atoms with E-state index in [9.17, 15) is 0 Å². The summed E-state index contributed by atoms with van der Waals surface area (Å²) in [6.45, 7) is 9.06. The molecule has 0 aliphatic carbocycles. The number of hydrogen-bond donors (Lipinski definition) is 1. The molecule has 2 heterocycles. The highest BCUT2D eigenvalue weighted by Gasteiger charge is 2.14. The molecular formula is C14H19ClN4. The smallest absolute Gasteiger partial charge is 0.152 e. The van der Waals surface area contributed by atoms with Gasteiger partial charge in [0, 0.05) is 24.5 Å². The maximum absolute atomic E-state index is 6.08. The first kappa shape index (κ1) is 13.9. The zero-order valence-corrected chi connectivity index (χ0v) is 12.5. The Morgan fingerprint density at radius 1 is 1.37 bits per heavy atom. The molecule has 0 saturated heterocycles. The van der Waals surface area contributed by atoms with Crippen LogP contribution >= 0.6 is 11.6 Å². The number of halogens is 1. The molecule has 2 rings (SSSR count). The van der Waals surface area contributed by atoms with Crippen molar-refractivity contribution in [3.8, 4) is 0 Å². The lowest BCUT2D eigenvalue weighted by atomic mass is 10.1. The van der Waals surface area contributed by atoms with E-state index in [1.165, 1.54) is 0 Å². The molecule has 2 aromatic heterocycles. The second kappa shape index (κ2) is 5.21. The third-order valence-electron chi connectivity index (χ3n) is 2.91. The van der Waals surface area contributed by atoms with E-state index in [2.05, 4.69) is 36.2 Å². The van der Waals surface area contributed by atoms with E-state index in [4.69, 9.17) is 11.6 Å². The molecule has 1 N–H and O–H groups in total. The van der Waals surface area contributed by atoms with Crippen molar-refractivity contribution in [1.29, 1.82) is 0 Å². The average Bonchev–Trinajstić information content (AvgIpc) is 2.77. The zero-order chi connectivity index (χ0) is 14.0. The first-order valence-corrected chi connectivity index (χ1v) is 6.65. The van der Waals surface area contributed by atoms with Gasteiger partial charge in [0.05, 0.1) is 17.4 Å². The Morgan fingerprint density at radius 2 is 2.11 bits per heavy atom. The lowest BCUT2D eigenvalue weighted by Gasteiger charge is -2.18. The molecular weight excluding hydrogens is 260 g/mol. The van der Waals surface area contributed by atoms with Crippen molar-refractivity contribution in [1.82, 2.24) is 14.8 Å². The second-order valence-corrected chi connectivity index (χ2v) is 5.97. The van der Waals surface area contributed by atoms with Gasteiger partial charge in [-0.1, -0.05) is 11.6 Å². The summed E-state index contributed by atoms with van der Waals surface area (Å²) in [6, 6.07) is 1.94. The molecule has 5 heteroatoms. The molecule has 2 aromatic rings. The van der Waals surface area contributed by atoms with Gasteiger partial charge in [0.1, 0.15) is 0 Å². The van der Waals surface area contributed by atoms with Crippen LogP contribution in [-0.2, 0) is 12.1 Å². The van der Waals surface area contributed by atoms with Gasteiger partial charge in [0.15, 0.2) is 5.15 Å². The fraction of sp³-hybridized carbons (Fsp3) is 0.429. The summed E-state index contributed by atoms with van der Waals surface area (Å²) in [4.78, 5) is 4.08. The van der Waals surface area contributed by atoms with Crippen molar-refractivity contribution in [3.05, 3.63) is 40.9 Å². The number of hydrogen-bond acceptors (Lipinski definition) is 3. The lowest BCUT2D eigenvalue weighted by Crippen LogP contribution is -2.22. The molecule has 0 unspecified atom stereocenters. The highest BCUT2D eigenvalue weighted by molar-refractivity contribution is 6.32. The maximum atomic E-state index is 6.08. The van der Waals surface area contributed by atoms with E-state index >= 15 is 0 Å². The summed E-state index contributed by atoms with van der Waals surface area (Å²) >= 11 is 6.08. The van der Waals surface area contributed by atoms with Crippen molar-refractivity contribution in [3.63, 3.8) is 0 Å². The number of rotatable bonds is 3. The van der Waals surface area contributed by atoms with Crippen molar-refractivity contribution in [2.75, 3.05) is 5.32 Å². The zero-order valence-electron chi connectivity index (χ0n) is 11.7. The van der Waals surface area contributed by atoms with Gasteiger partial charge in [-0.05, 0) is 39.3 Å². The summed E-state index contributed by atoms with van der Waals surface area (Å²) < 4.78 is 1.96. The van der Waals surface area contributed by atoms with E-state index < -0.39 is 0 Å². The Hall–Kier alpha value is -1.55. The molecule has 0 amide bonds. The summed E-state index contributed by atoms with van der Waals surface area (Å²) in [5.41, 5.74) is 3.09. The van der Waals surface area contributed by atoms with Gasteiger partial charge in [-0.3, -0.25) is 4.68 Å². The third-order valence-corrected chi connectivity index (χ3v) is 3.19. The van der Waals surface area contributed by atoms with E-state index in [1.807, 2.05) is 30.1 Å². The molecule has 0 spiro atoms. The number of aromatic nitrogens is 3. The van der Waals surface area contributed by atoms with Gasteiger partial charge in [-0.25, -0.2) is 4.98 Å². The number of anilines is 1. The molecule has 0 aliphatic heterocycles. The Labute approximate surface area is 118 Å². The van der Waals surface area contributed by atoms with Crippen LogP contribution in [0.1, 0.15) is 31.9 Å². The molecule has 19 heavy (non-hydrogen) atoms. The van der Waals surface area contributed by atoms with E-state index in [0.717, 1.165) is 16.8 Å². The van der Waals surface area contributed by atoms with E-state index in [-0.39, 0.29) is 5.54 Å². The van der Waals surface area contributed by atoms with Crippen molar-refractivity contribution in [2.24, 2.45) is 0 Å². The van der Waals surface area contributed by atoms with Crippen LogP contribution in [0.2, 0.25) is 5.15 Å². The summed E-state index contributed by atoms with van der Waals surface area (Å²) in [5.74, 6) is 0. The first-order chi connectivity index (χ1) is 8.88. The van der Waals surface area contributed by atoms with Crippen LogP contribution < -0.4 is 5.32 Å². The molecule has 0 aromatic carbocycles. The minimum Gasteiger partial charge on any atom is -0.378 e. The van der Waals surface area contributed by atoms with Crippen LogP contribution in [-0.4, -0.2) is 14.8 Å². The average molecular weight is 279 g/mol. The van der Waals surface area contributed by atoms with Crippen LogP contribution in [0.5, 0.6) is 0 Å². The Bertz CT molecular complexity index is 549. The molecule has 0 bridgehead atoms. The highest BCUT2D eigenvalue weighted by Crippen LogP contribution is 2.23. The SMILES string of the molecule is Cc1ccnc(Cl)c1NCc1cnn(C(C)(C)C)c1. The maximum Gasteiger partial charge on any atom is 0.152 e. The lowest BCUT2D eigenvalue weighted by molar-refractivity contribution is 0.355. The normalized spacial score (nSPS) is 11.6. The van der Waals surface area contributed by atoms with Crippen molar-refractivity contribution < 1.29 is 0 Å². The largest absolute Gasteiger partial charge is 0.378 e. The molecule has 4 nitrogen and oxygen atoms in total. The van der Waals surface area contributed by atoms with Gasteiger partial charge in [0.2, 0.25) is 0 Å². The summed E-state index contributed by atoms with van der Waals surface area (Å²) in [5, 5.41) is 8.19. The Morgan fingerprint density at radius 3 is 2.68 bits per heavy atom. The number of pyridine rings is 1. The van der Waals surface area contributed by atoms with Crippen LogP contribution in [0.15, 0.2) is 24.7 Å². The van der Waals surface area contributed by atoms with Crippen LogP contribution in [0.3, 0.4) is 0 Å². The fourth-order valence-electron chi connectivity index (χ4n) is 1.75. The second-order valence-electron chi connectivity index (χ2n) is 5.61. The Balaban J connectivity index is 2.09. The summed E-state index contributed by atoms with van der Waals surface area (Å²) in [6.07, 6.45) is 5.63. The van der Waals surface area contributed by atoms with E-state index in [0.29, 0.717) is 11.7 Å². The number of nitrogens with zero attached hydrogens (tertiary/aromatic N) is 3. The fourth-order valence-corrected chi connectivity index (χ4v) is 2.02. The topological polar surface area (TPSA) is 42.7 Å². The molecule has 0 saturated carbocycles. The molecule has 0 aliphatic rings. The third kappa shape index (κ3) is 3.26. The van der Waals surface area contributed by atoms with Gasteiger partial charge in [-0.2, -0.15) is 5.10 Å². The predicted octanol–water partition coefficient (Wildman–Crippen LogP) is 3.61.